The fraction of sp³-hybridized carbons (Fsp3) is 0.333. The molecule has 0 fully saturated rings. The number of aryl methyl sites for hydroxylation is 1. The highest BCUT2D eigenvalue weighted by Gasteiger charge is 2.20. The number of fused-ring (bicyclic) bond motifs is 1. The first kappa shape index (κ1) is 16.7. The van der Waals surface area contributed by atoms with Crippen LogP contribution < -0.4 is 5.73 Å². The molecule has 0 aliphatic heterocycles. The number of thiazole rings is 1. The third-order valence-corrected chi connectivity index (χ3v) is 4.88. The Balaban J connectivity index is 1.83. The fourth-order valence-electron chi connectivity index (χ4n) is 2.76. The largest absolute Gasteiger partial charge is 0.461 e. The smallest absolute Gasteiger partial charge is 0.273 e. The van der Waals surface area contributed by atoms with E-state index in [4.69, 9.17) is 10.2 Å². The molecule has 24 heavy (non-hydrogen) atoms. The van der Waals surface area contributed by atoms with Gasteiger partial charge in [0.1, 0.15) is 17.0 Å². The van der Waals surface area contributed by atoms with Crippen LogP contribution in [-0.4, -0.2) is 29.4 Å². The second kappa shape index (κ2) is 7.15. The van der Waals surface area contributed by atoms with Crippen LogP contribution >= 0.6 is 11.3 Å². The number of hydrogen-bond donors (Lipinski definition) is 1. The molecule has 0 aliphatic rings. The van der Waals surface area contributed by atoms with Crippen molar-refractivity contribution in [3.05, 3.63) is 51.7 Å². The Hall–Kier alpha value is -2.18. The number of carbonyl (C=O) groups excluding carboxylic acids is 1. The van der Waals surface area contributed by atoms with E-state index < -0.39 is 0 Å². The lowest BCUT2D eigenvalue weighted by atomic mass is 10.1. The maximum absolute atomic E-state index is 12.6. The van der Waals surface area contributed by atoms with Crippen LogP contribution in [0.2, 0.25) is 0 Å². The summed E-state index contributed by atoms with van der Waals surface area (Å²) in [6.07, 6.45) is 1.50. The predicted octanol–water partition coefficient (Wildman–Crippen LogP) is 3.23. The zero-order chi connectivity index (χ0) is 17.1. The number of aromatic nitrogens is 1. The molecule has 2 aromatic heterocycles. The number of benzene rings is 1. The van der Waals surface area contributed by atoms with Gasteiger partial charge in [-0.3, -0.25) is 4.79 Å². The van der Waals surface area contributed by atoms with Crippen LogP contribution in [0.1, 0.15) is 33.7 Å². The lowest BCUT2D eigenvalue weighted by Crippen LogP contribution is -2.26. The Kier molecular flexibility index (Phi) is 4.97. The third kappa shape index (κ3) is 3.20. The normalized spacial score (nSPS) is 11.1. The van der Waals surface area contributed by atoms with Crippen molar-refractivity contribution in [2.45, 2.75) is 26.3 Å². The lowest BCUT2D eigenvalue weighted by Gasteiger charge is -2.16. The standard InChI is InChI=1S/C18H21N3O2S/c1-3-15-13(12-6-4-5-7-16(12)23-15)10-21(2)18(22)14-11-24-17(20-14)8-9-19/h4-7,11H,3,8-10,19H2,1-2H3. The van der Waals surface area contributed by atoms with Gasteiger partial charge < -0.3 is 15.1 Å². The molecule has 0 atom stereocenters. The van der Waals surface area contributed by atoms with Gasteiger partial charge in [-0.05, 0) is 12.6 Å². The SMILES string of the molecule is CCc1oc2ccccc2c1CN(C)C(=O)c1csc(CCN)n1. The summed E-state index contributed by atoms with van der Waals surface area (Å²) in [4.78, 5) is 18.7. The molecule has 1 aromatic carbocycles. The summed E-state index contributed by atoms with van der Waals surface area (Å²) in [7, 11) is 1.80. The zero-order valence-corrected chi connectivity index (χ0v) is 14.7. The van der Waals surface area contributed by atoms with Crippen LogP contribution in [0.3, 0.4) is 0 Å². The van der Waals surface area contributed by atoms with Crippen molar-refractivity contribution in [2.24, 2.45) is 5.73 Å². The Morgan fingerprint density at radius 1 is 1.38 bits per heavy atom. The number of hydrogen-bond acceptors (Lipinski definition) is 5. The number of amides is 1. The van der Waals surface area contributed by atoms with E-state index in [-0.39, 0.29) is 5.91 Å². The first-order valence-corrected chi connectivity index (χ1v) is 8.91. The summed E-state index contributed by atoms with van der Waals surface area (Å²) < 4.78 is 5.91. The summed E-state index contributed by atoms with van der Waals surface area (Å²) in [5.74, 6) is 0.847. The number of para-hydroxylation sites is 1. The van der Waals surface area contributed by atoms with Crippen LogP contribution in [-0.2, 0) is 19.4 Å². The number of nitrogens with zero attached hydrogens (tertiary/aromatic N) is 2. The average molecular weight is 343 g/mol. The highest BCUT2D eigenvalue weighted by Crippen LogP contribution is 2.27. The average Bonchev–Trinajstić information content (AvgIpc) is 3.19. The third-order valence-electron chi connectivity index (χ3n) is 3.97. The minimum Gasteiger partial charge on any atom is -0.461 e. The maximum atomic E-state index is 12.6. The predicted molar refractivity (Wildman–Crippen MR) is 96.3 cm³/mol. The fourth-order valence-corrected chi connectivity index (χ4v) is 3.55. The van der Waals surface area contributed by atoms with Crippen molar-refractivity contribution < 1.29 is 9.21 Å². The molecule has 1 amide bonds. The molecule has 6 heteroatoms. The number of rotatable bonds is 6. The van der Waals surface area contributed by atoms with E-state index in [2.05, 4.69) is 11.9 Å². The van der Waals surface area contributed by atoms with Gasteiger partial charge in [-0.1, -0.05) is 25.1 Å². The molecule has 3 rings (SSSR count). The van der Waals surface area contributed by atoms with E-state index in [1.165, 1.54) is 11.3 Å². The molecule has 0 saturated carbocycles. The summed E-state index contributed by atoms with van der Waals surface area (Å²) in [5.41, 5.74) is 7.96. The number of carbonyl (C=O) groups is 1. The Labute approximate surface area is 145 Å². The van der Waals surface area contributed by atoms with Crippen molar-refractivity contribution in [3.8, 4) is 0 Å². The Bertz CT molecular complexity index is 853. The molecule has 0 spiro atoms. The highest BCUT2D eigenvalue weighted by atomic mass is 32.1. The van der Waals surface area contributed by atoms with Crippen molar-refractivity contribution in [2.75, 3.05) is 13.6 Å². The Morgan fingerprint density at radius 3 is 2.92 bits per heavy atom. The molecule has 0 aliphatic carbocycles. The van der Waals surface area contributed by atoms with Gasteiger partial charge in [0.05, 0.1) is 5.01 Å². The second-order valence-corrected chi connectivity index (χ2v) is 6.62. The number of furan rings is 1. The van der Waals surface area contributed by atoms with Gasteiger partial charge in [0.25, 0.3) is 5.91 Å². The first-order valence-electron chi connectivity index (χ1n) is 8.03. The van der Waals surface area contributed by atoms with Gasteiger partial charge in [-0.25, -0.2) is 4.98 Å². The molecule has 0 bridgehead atoms. The molecule has 5 nitrogen and oxygen atoms in total. The van der Waals surface area contributed by atoms with Gasteiger partial charge in [-0.2, -0.15) is 0 Å². The monoisotopic (exact) mass is 343 g/mol. The van der Waals surface area contributed by atoms with E-state index in [0.717, 1.165) is 33.7 Å². The van der Waals surface area contributed by atoms with Gasteiger partial charge >= 0.3 is 0 Å². The molecule has 2 N–H and O–H groups in total. The zero-order valence-electron chi connectivity index (χ0n) is 13.9. The van der Waals surface area contributed by atoms with E-state index in [9.17, 15) is 4.79 Å². The van der Waals surface area contributed by atoms with Crippen LogP contribution in [0.4, 0.5) is 0 Å². The highest BCUT2D eigenvalue weighted by molar-refractivity contribution is 7.09. The minimum atomic E-state index is -0.0816. The summed E-state index contributed by atoms with van der Waals surface area (Å²) in [5, 5.41) is 3.77. The molecular formula is C18H21N3O2S. The van der Waals surface area contributed by atoms with Gasteiger partial charge in [0.15, 0.2) is 0 Å². The van der Waals surface area contributed by atoms with Crippen LogP contribution in [0.15, 0.2) is 34.1 Å². The molecular weight excluding hydrogens is 322 g/mol. The molecule has 126 valence electrons. The van der Waals surface area contributed by atoms with Gasteiger partial charge in [0, 0.05) is 42.8 Å². The van der Waals surface area contributed by atoms with Crippen LogP contribution in [0.25, 0.3) is 11.0 Å². The summed E-state index contributed by atoms with van der Waals surface area (Å²) >= 11 is 1.48. The molecule has 0 unspecified atom stereocenters. The Morgan fingerprint density at radius 2 is 2.17 bits per heavy atom. The summed E-state index contributed by atoms with van der Waals surface area (Å²) in [6, 6.07) is 7.94. The van der Waals surface area contributed by atoms with Crippen molar-refractivity contribution in [3.63, 3.8) is 0 Å². The van der Waals surface area contributed by atoms with Crippen molar-refractivity contribution in [1.29, 1.82) is 0 Å². The maximum Gasteiger partial charge on any atom is 0.273 e. The van der Waals surface area contributed by atoms with Gasteiger partial charge in [0.2, 0.25) is 0 Å². The molecule has 2 heterocycles. The lowest BCUT2D eigenvalue weighted by molar-refractivity contribution is 0.0780. The van der Waals surface area contributed by atoms with Gasteiger partial charge in [-0.15, -0.1) is 11.3 Å². The van der Waals surface area contributed by atoms with E-state index in [1.807, 2.05) is 24.3 Å². The van der Waals surface area contributed by atoms with E-state index >= 15 is 0 Å². The first-order chi connectivity index (χ1) is 11.6. The second-order valence-electron chi connectivity index (χ2n) is 5.68. The van der Waals surface area contributed by atoms with E-state index in [1.54, 1.807) is 17.3 Å². The van der Waals surface area contributed by atoms with Crippen molar-refractivity contribution >= 4 is 28.2 Å². The minimum absolute atomic E-state index is 0.0816. The summed E-state index contributed by atoms with van der Waals surface area (Å²) in [6.45, 7) is 3.10. The topological polar surface area (TPSA) is 72.4 Å². The van der Waals surface area contributed by atoms with Crippen LogP contribution in [0, 0.1) is 0 Å². The quantitative estimate of drug-likeness (QED) is 0.746. The van der Waals surface area contributed by atoms with E-state index in [0.29, 0.717) is 25.2 Å². The molecule has 3 aromatic rings. The van der Waals surface area contributed by atoms with Crippen LogP contribution in [0.5, 0.6) is 0 Å². The molecule has 0 saturated heterocycles. The molecule has 0 radical (unpaired) electrons. The number of nitrogens with two attached hydrogens (primary N) is 1. The van der Waals surface area contributed by atoms with Crippen molar-refractivity contribution in [1.82, 2.24) is 9.88 Å².